The zero-order valence-electron chi connectivity index (χ0n) is 15.5. The second-order valence-electron chi connectivity index (χ2n) is 6.36. The van der Waals surface area contributed by atoms with Crippen LogP contribution in [0.5, 0.6) is 5.88 Å². The van der Waals surface area contributed by atoms with Gasteiger partial charge < -0.3 is 20.7 Å². The molecule has 0 unspecified atom stereocenters. The van der Waals surface area contributed by atoms with Crippen LogP contribution in [0.15, 0.2) is 35.0 Å². The van der Waals surface area contributed by atoms with Crippen molar-refractivity contribution in [1.82, 2.24) is 20.9 Å². The highest BCUT2D eigenvalue weighted by molar-refractivity contribution is 6.00. The summed E-state index contributed by atoms with van der Waals surface area (Å²) >= 11 is 0. The minimum absolute atomic E-state index is 0.123. The van der Waals surface area contributed by atoms with Gasteiger partial charge in [-0.1, -0.05) is 13.8 Å². The van der Waals surface area contributed by atoms with Crippen molar-refractivity contribution in [1.29, 1.82) is 0 Å². The summed E-state index contributed by atoms with van der Waals surface area (Å²) in [5.74, 6) is -1.38. The van der Waals surface area contributed by atoms with Crippen molar-refractivity contribution in [3.8, 4) is 5.88 Å². The Bertz CT molecular complexity index is 760. The molecule has 3 N–H and O–H groups in total. The van der Waals surface area contributed by atoms with Crippen LogP contribution in [0.3, 0.4) is 0 Å². The number of methoxy groups -OCH3 is 1. The number of amides is 1. The van der Waals surface area contributed by atoms with Crippen molar-refractivity contribution in [3.63, 3.8) is 0 Å². The lowest BCUT2D eigenvalue weighted by Gasteiger charge is -2.27. The third-order valence-corrected chi connectivity index (χ3v) is 3.82. The van der Waals surface area contributed by atoms with E-state index in [0.717, 1.165) is 0 Å². The van der Waals surface area contributed by atoms with E-state index in [1.54, 1.807) is 26.0 Å². The van der Waals surface area contributed by atoms with Gasteiger partial charge in [0.25, 0.3) is 0 Å². The maximum Gasteiger partial charge on any atom is 0.405 e. The quantitative estimate of drug-likeness (QED) is 0.605. The van der Waals surface area contributed by atoms with Gasteiger partial charge in [-0.05, 0) is 12.0 Å². The number of alkyl halides is 3. The molecule has 11 heteroatoms. The molecule has 0 radical (unpaired) electrons. The number of rotatable bonds is 7. The molecule has 0 aromatic carbocycles. The van der Waals surface area contributed by atoms with Crippen molar-refractivity contribution in [3.05, 3.63) is 35.5 Å². The Morgan fingerprint density at radius 1 is 1.36 bits per heavy atom. The van der Waals surface area contributed by atoms with Crippen molar-refractivity contribution in [2.45, 2.75) is 26.1 Å². The smallest absolute Gasteiger partial charge is 0.405 e. The minimum atomic E-state index is -4.54. The Hall–Kier alpha value is -2.85. The third-order valence-electron chi connectivity index (χ3n) is 3.82. The zero-order chi connectivity index (χ0) is 20.9. The number of hydrogen-bond acceptors (Lipinski definition) is 6. The first-order chi connectivity index (χ1) is 13.1. The van der Waals surface area contributed by atoms with E-state index in [9.17, 15) is 22.4 Å². The lowest BCUT2D eigenvalue weighted by Crippen LogP contribution is -2.52. The lowest BCUT2D eigenvalue weighted by molar-refractivity contribution is -0.140. The van der Waals surface area contributed by atoms with Crippen molar-refractivity contribution >= 4 is 11.7 Å². The van der Waals surface area contributed by atoms with Gasteiger partial charge in [-0.15, -0.1) is 0 Å². The number of pyridine rings is 1. The fraction of sp³-hybridized carbons (Fsp3) is 0.471. The molecule has 0 fully saturated rings. The minimum Gasteiger partial charge on any atom is -0.481 e. The van der Waals surface area contributed by atoms with Gasteiger partial charge in [0.2, 0.25) is 11.8 Å². The molecular formula is C17H21F4N5O2. The van der Waals surface area contributed by atoms with Crippen molar-refractivity contribution in [2.24, 2.45) is 10.9 Å². The summed E-state index contributed by atoms with van der Waals surface area (Å²) in [7, 11) is 1.47. The third kappa shape index (κ3) is 5.83. The standard InChI is InChI=1S/C17H21F4N5O2/c1-9(2)13(16(27)24-8-17(19,20)21)25-15-11(18)7-23-14(26-15)10-4-5-12(28-3)22-6-10/h4-6,9,13,25H,7-8H2,1-3H3,(H,23,26)(H,24,27)/t13-/m1/s1. The van der Waals surface area contributed by atoms with E-state index in [1.165, 1.54) is 13.3 Å². The summed E-state index contributed by atoms with van der Waals surface area (Å²) < 4.78 is 56.2. The Morgan fingerprint density at radius 2 is 2.07 bits per heavy atom. The summed E-state index contributed by atoms with van der Waals surface area (Å²) in [5.41, 5.74) is 0.551. The molecule has 1 amide bonds. The number of amidine groups is 1. The average molecular weight is 403 g/mol. The van der Waals surface area contributed by atoms with Gasteiger partial charge in [-0.2, -0.15) is 13.2 Å². The maximum absolute atomic E-state index is 14.2. The summed E-state index contributed by atoms with van der Waals surface area (Å²) in [6.07, 6.45) is -3.06. The summed E-state index contributed by atoms with van der Waals surface area (Å²) in [6, 6.07) is 2.18. The molecule has 28 heavy (non-hydrogen) atoms. The number of halogens is 4. The SMILES string of the molecule is COc1ccc(C2=NCC(F)=C(N[C@@H](C(=O)NCC(F)(F)F)C(C)C)N2)cn1. The molecule has 1 aliphatic heterocycles. The first kappa shape index (κ1) is 21.5. The van der Waals surface area contributed by atoms with Crippen LogP contribution >= 0.6 is 0 Å². The fourth-order valence-corrected chi connectivity index (χ4v) is 2.36. The van der Waals surface area contributed by atoms with Crippen LogP contribution in [0.2, 0.25) is 0 Å². The Morgan fingerprint density at radius 3 is 2.61 bits per heavy atom. The predicted octanol–water partition coefficient (Wildman–Crippen LogP) is 1.87. The van der Waals surface area contributed by atoms with E-state index < -0.39 is 36.4 Å². The zero-order valence-corrected chi connectivity index (χ0v) is 15.5. The molecule has 0 saturated carbocycles. The highest BCUT2D eigenvalue weighted by atomic mass is 19.4. The molecule has 2 heterocycles. The molecule has 0 saturated heterocycles. The molecule has 0 bridgehead atoms. The van der Waals surface area contributed by atoms with Gasteiger partial charge in [-0.25, -0.2) is 9.37 Å². The Labute approximate surface area is 159 Å². The Kier molecular flexibility index (Phi) is 6.81. The maximum atomic E-state index is 14.2. The second kappa shape index (κ2) is 8.89. The van der Waals surface area contributed by atoms with Gasteiger partial charge in [0.15, 0.2) is 5.83 Å². The number of aromatic nitrogens is 1. The molecule has 7 nitrogen and oxygen atoms in total. The van der Waals surface area contributed by atoms with Gasteiger partial charge in [0.1, 0.15) is 24.2 Å². The first-order valence-corrected chi connectivity index (χ1v) is 8.42. The van der Waals surface area contributed by atoms with Gasteiger partial charge in [0, 0.05) is 17.8 Å². The largest absolute Gasteiger partial charge is 0.481 e. The molecule has 1 atom stereocenters. The van der Waals surface area contributed by atoms with Crippen molar-refractivity contribution < 1.29 is 27.1 Å². The van der Waals surface area contributed by atoms with Gasteiger partial charge in [-0.3, -0.25) is 9.79 Å². The molecule has 1 aliphatic rings. The monoisotopic (exact) mass is 403 g/mol. The summed E-state index contributed by atoms with van der Waals surface area (Å²) in [4.78, 5) is 20.2. The first-order valence-electron chi connectivity index (χ1n) is 8.42. The topological polar surface area (TPSA) is 87.6 Å². The molecular weight excluding hydrogens is 382 g/mol. The van der Waals surface area contributed by atoms with Crippen molar-refractivity contribution in [2.75, 3.05) is 20.2 Å². The number of nitrogens with one attached hydrogen (secondary N) is 3. The van der Waals surface area contributed by atoms with Crippen LogP contribution in [0.25, 0.3) is 0 Å². The lowest BCUT2D eigenvalue weighted by atomic mass is 10.0. The number of ether oxygens (including phenoxy) is 1. The second-order valence-corrected chi connectivity index (χ2v) is 6.36. The molecule has 0 aliphatic carbocycles. The van der Waals surface area contributed by atoms with E-state index in [2.05, 4.69) is 20.6 Å². The molecule has 0 spiro atoms. The van der Waals surface area contributed by atoms with E-state index in [1.807, 2.05) is 5.32 Å². The highest BCUT2D eigenvalue weighted by Gasteiger charge is 2.31. The number of aliphatic imine (C=N–C) groups is 1. The van der Waals surface area contributed by atoms with Crippen LogP contribution in [-0.4, -0.2) is 49.1 Å². The average Bonchev–Trinajstić information content (AvgIpc) is 2.64. The van der Waals surface area contributed by atoms with E-state index in [0.29, 0.717) is 17.3 Å². The van der Waals surface area contributed by atoms with E-state index >= 15 is 0 Å². The summed E-state index contributed by atoms with van der Waals surface area (Å²) in [6.45, 7) is 1.52. The highest BCUT2D eigenvalue weighted by Crippen LogP contribution is 2.16. The Balaban J connectivity index is 2.10. The van der Waals surface area contributed by atoms with Crippen LogP contribution in [0.1, 0.15) is 19.4 Å². The van der Waals surface area contributed by atoms with Gasteiger partial charge >= 0.3 is 6.18 Å². The van der Waals surface area contributed by atoms with E-state index in [-0.39, 0.29) is 12.4 Å². The molecule has 154 valence electrons. The molecule has 2 rings (SSSR count). The number of carbonyl (C=O) groups excluding carboxylic acids is 1. The molecule has 1 aromatic rings. The van der Waals surface area contributed by atoms with Crippen LogP contribution < -0.4 is 20.7 Å². The molecule has 1 aromatic heterocycles. The number of nitrogens with zero attached hydrogens (tertiary/aromatic N) is 2. The predicted molar refractivity (Wildman–Crippen MR) is 94.3 cm³/mol. The van der Waals surface area contributed by atoms with Gasteiger partial charge in [0.05, 0.1) is 13.7 Å². The number of carbonyl (C=O) groups is 1. The van der Waals surface area contributed by atoms with Crippen LogP contribution in [-0.2, 0) is 4.79 Å². The normalized spacial score (nSPS) is 15.6. The number of hydrogen-bond donors (Lipinski definition) is 3. The van der Waals surface area contributed by atoms with Crippen LogP contribution in [0.4, 0.5) is 17.6 Å². The van der Waals surface area contributed by atoms with Crippen LogP contribution in [0, 0.1) is 5.92 Å². The fourth-order valence-electron chi connectivity index (χ4n) is 2.36. The summed E-state index contributed by atoms with van der Waals surface area (Å²) in [5, 5.41) is 7.19. The van der Waals surface area contributed by atoms with E-state index in [4.69, 9.17) is 4.74 Å².